The molecule has 1 saturated carbocycles. The molecule has 0 heterocycles. The number of rotatable bonds is 5. The Balaban J connectivity index is 1.82. The van der Waals surface area contributed by atoms with E-state index in [4.69, 9.17) is 0 Å². The summed E-state index contributed by atoms with van der Waals surface area (Å²) in [6, 6.07) is 6.75. The maximum atomic E-state index is 12.7. The Morgan fingerprint density at radius 3 is 2.53 bits per heavy atom. The smallest absolute Gasteiger partial charge is 0.151 e. The SMILES string of the molecule is CN(CC(=O)Cc1ccc(F)cc1)C1CCC1. The highest BCUT2D eigenvalue weighted by Crippen LogP contribution is 2.23. The van der Waals surface area contributed by atoms with Crippen molar-refractivity contribution >= 4 is 5.78 Å². The Kier molecular flexibility index (Phi) is 3.89. The van der Waals surface area contributed by atoms with Gasteiger partial charge < -0.3 is 0 Å². The van der Waals surface area contributed by atoms with E-state index in [2.05, 4.69) is 4.90 Å². The first-order chi connectivity index (χ1) is 8.15. The van der Waals surface area contributed by atoms with E-state index in [0.29, 0.717) is 19.0 Å². The van der Waals surface area contributed by atoms with Crippen molar-refractivity contribution in [3.8, 4) is 0 Å². The third kappa shape index (κ3) is 3.37. The van der Waals surface area contributed by atoms with Crippen molar-refractivity contribution in [1.29, 1.82) is 0 Å². The van der Waals surface area contributed by atoms with Crippen LogP contribution in [0.25, 0.3) is 0 Å². The van der Waals surface area contributed by atoms with Crippen molar-refractivity contribution in [3.63, 3.8) is 0 Å². The van der Waals surface area contributed by atoms with Crippen LogP contribution in [0.2, 0.25) is 0 Å². The number of ketones is 1. The summed E-state index contributed by atoms with van der Waals surface area (Å²) in [5, 5.41) is 0. The molecular weight excluding hydrogens is 217 g/mol. The molecule has 2 nitrogen and oxygen atoms in total. The highest BCUT2D eigenvalue weighted by Gasteiger charge is 2.23. The van der Waals surface area contributed by atoms with Crippen LogP contribution in [0.4, 0.5) is 4.39 Å². The fraction of sp³-hybridized carbons (Fsp3) is 0.500. The molecular formula is C14H18FNO. The zero-order valence-corrected chi connectivity index (χ0v) is 10.2. The van der Waals surface area contributed by atoms with E-state index >= 15 is 0 Å². The van der Waals surface area contributed by atoms with Gasteiger partial charge in [0.2, 0.25) is 0 Å². The number of hydrogen-bond donors (Lipinski definition) is 0. The Hall–Kier alpha value is -1.22. The van der Waals surface area contributed by atoms with Crippen LogP contribution in [0.15, 0.2) is 24.3 Å². The number of hydrogen-bond acceptors (Lipinski definition) is 2. The monoisotopic (exact) mass is 235 g/mol. The molecule has 0 spiro atoms. The lowest BCUT2D eigenvalue weighted by molar-refractivity contribution is -0.120. The summed E-state index contributed by atoms with van der Waals surface area (Å²) in [6.45, 7) is 0.502. The number of halogens is 1. The largest absolute Gasteiger partial charge is 0.298 e. The lowest BCUT2D eigenvalue weighted by atomic mass is 9.91. The first kappa shape index (κ1) is 12.2. The van der Waals surface area contributed by atoms with Crippen molar-refractivity contribution in [2.24, 2.45) is 0 Å². The molecule has 0 amide bonds. The Bertz CT molecular complexity index is 384. The summed E-state index contributed by atoms with van der Waals surface area (Å²) in [4.78, 5) is 14.0. The first-order valence-corrected chi connectivity index (χ1v) is 6.11. The number of nitrogens with zero attached hydrogens (tertiary/aromatic N) is 1. The van der Waals surface area contributed by atoms with Crippen molar-refractivity contribution in [2.75, 3.05) is 13.6 Å². The first-order valence-electron chi connectivity index (χ1n) is 6.11. The molecule has 0 aromatic heterocycles. The number of benzene rings is 1. The standard InChI is InChI=1S/C14H18FNO/c1-16(13-3-2-4-13)10-14(17)9-11-5-7-12(15)8-6-11/h5-8,13H,2-4,9-10H2,1H3. The lowest BCUT2D eigenvalue weighted by Gasteiger charge is -2.34. The molecule has 1 aliphatic carbocycles. The number of Topliss-reactive ketones (excluding diaryl/α,β-unsaturated/α-hetero) is 1. The fourth-order valence-corrected chi connectivity index (χ4v) is 2.12. The Morgan fingerprint density at radius 2 is 2.00 bits per heavy atom. The molecule has 0 unspecified atom stereocenters. The van der Waals surface area contributed by atoms with Crippen molar-refractivity contribution < 1.29 is 9.18 Å². The van der Waals surface area contributed by atoms with Gasteiger partial charge >= 0.3 is 0 Å². The second-order valence-electron chi connectivity index (χ2n) is 4.84. The van der Waals surface area contributed by atoms with Crippen LogP contribution >= 0.6 is 0 Å². The van der Waals surface area contributed by atoms with Gasteiger partial charge in [-0.3, -0.25) is 9.69 Å². The molecule has 0 aliphatic heterocycles. The highest BCUT2D eigenvalue weighted by molar-refractivity contribution is 5.82. The second kappa shape index (κ2) is 5.41. The minimum absolute atomic E-state index is 0.200. The molecule has 0 atom stereocenters. The van der Waals surface area contributed by atoms with Crippen molar-refractivity contribution in [1.82, 2.24) is 4.90 Å². The van der Waals surface area contributed by atoms with Gasteiger partial charge in [-0.05, 0) is 37.6 Å². The molecule has 1 fully saturated rings. The van der Waals surface area contributed by atoms with E-state index in [0.717, 1.165) is 5.56 Å². The minimum Gasteiger partial charge on any atom is -0.298 e. The van der Waals surface area contributed by atoms with Gasteiger partial charge in [0.05, 0.1) is 6.54 Å². The molecule has 0 radical (unpaired) electrons. The van der Waals surface area contributed by atoms with E-state index in [-0.39, 0.29) is 11.6 Å². The maximum absolute atomic E-state index is 12.7. The van der Waals surface area contributed by atoms with Gasteiger partial charge in [0.1, 0.15) is 5.82 Å². The van der Waals surface area contributed by atoms with Crippen LogP contribution in [-0.2, 0) is 11.2 Å². The molecule has 3 heteroatoms. The van der Waals surface area contributed by atoms with E-state index in [1.165, 1.54) is 31.4 Å². The summed E-state index contributed by atoms with van der Waals surface area (Å²) < 4.78 is 12.7. The summed E-state index contributed by atoms with van der Waals surface area (Å²) in [5.74, 6) is -0.0567. The average Bonchev–Trinajstić information content (AvgIpc) is 2.18. The zero-order chi connectivity index (χ0) is 12.3. The van der Waals surface area contributed by atoms with Crippen molar-refractivity contribution in [2.45, 2.75) is 31.7 Å². The molecule has 1 aliphatic rings. The van der Waals surface area contributed by atoms with E-state index in [1.54, 1.807) is 12.1 Å². The average molecular weight is 235 g/mol. The van der Waals surface area contributed by atoms with Crippen LogP contribution in [0.1, 0.15) is 24.8 Å². The van der Waals surface area contributed by atoms with E-state index in [9.17, 15) is 9.18 Å². The summed E-state index contributed by atoms with van der Waals surface area (Å²) in [7, 11) is 2.01. The molecule has 17 heavy (non-hydrogen) atoms. The van der Waals surface area contributed by atoms with Gasteiger partial charge in [-0.25, -0.2) is 4.39 Å². The maximum Gasteiger partial charge on any atom is 0.151 e. The van der Waals surface area contributed by atoms with E-state index < -0.39 is 0 Å². The summed E-state index contributed by atoms with van der Waals surface area (Å²) >= 11 is 0. The second-order valence-corrected chi connectivity index (χ2v) is 4.84. The van der Waals surface area contributed by atoms with Crippen molar-refractivity contribution in [3.05, 3.63) is 35.6 Å². The van der Waals surface area contributed by atoms with Crippen LogP contribution in [-0.4, -0.2) is 30.3 Å². The van der Waals surface area contributed by atoms with E-state index in [1.807, 2.05) is 7.05 Å². The minimum atomic E-state index is -0.257. The molecule has 92 valence electrons. The van der Waals surface area contributed by atoms with Crippen LogP contribution in [0, 0.1) is 5.82 Å². The third-order valence-electron chi connectivity index (χ3n) is 3.44. The zero-order valence-electron chi connectivity index (χ0n) is 10.2. The van der Waals surface area contributed by atoms with Crippen LogP contribution in [0.3, 0.4) is 0 Å². The highest BCUT2D eigenvalue weighted by atomic mass is 19.1. The molecule has 0 bridgehead atoms. The van der Waals surface area contributed by atoms with Gasteiger partial charge in [0.15, 0.2) is 5.78 Å². The number of likely N-dealkylation sites (N-methyl/N-ethyl adjacent to an activating group) is 1. The van der Waals surface area contributed by atoms with Gasteiger partial charge in [-0.2, -0.15) is 0 Å². The molecule has 1 aromatic rings. The fourth-order valence-electron chi connectivity index (χ4n) is 2.12. The quantitative estimate of drug-likeness (QED) is 0.781. The van der Waals surface area contributed by atoms with Gasteiger partial charge in [-0.15, -0.1) is 0 Å². The number of carbonyl (C=O) groups is 1. The summed E-state index contributed by atoms with van der Waals surface area (Å²) in [6.07, 6.45) is 4.10. The Labute approximate surface area is 101 Å². The molecule has 0 saturated heterocycles. The third-order valence-corrected chi connectivity index (χ3v) is 3.44. The van der Waals surface area contributed by atoms with Gasteiger partial charge in [0.25, 0.3) is 0 Å². The predicted octanol–water partition coefficient (Wildman–Crippen LogP) is 2.42. The van der Waals surface area contributed by atoms with Crippen LogP contribution < -0.4 is 0 Å². The predicted molar refractivity (Wildman–Crippen MR) is 65.4 cm³/mol. The summed E-state index contributed by atoms with van der Waals surface area (Å²) in [5.41, 5.74) is 0.887. The Morgan fingerprint density at radius 1 is 1.35 bits per heavy atom. The van der Waals surface area contributed by atoms with Gasteiger partial charge in [-0.1, -0.05) is 18.6 Å². The topological polar surface area (TPSA) is 20.3 Å². The molecule has 1 aromatic carbocycles. The normalized spacial score (nSPS) is 15.9. The number of carbonyl (C=O) groups excluding carboxylic acids is 1. The van der Waals surface area contributed by atoms with Crippen LogP contribution in [0.5, 0.6) is 0 Å². The lowest BCUT2D eigenvalue weighted by Crippen LogP contribution is -2.40. The molecule has 0 N–H and O–H groups in total. The van der Waals surface area contributed by atoms with Gasteiger partial charge in [0, 0.05) is 12.5 Å². The molecule has 2 rings (SSSR count).